The van der Waals surface area contributed by atoms with Crippen molar-refractivity contribution in [2.45, 2.75) is 43.9 Å². The van der Waals surface area contributed by atoms with E-state index in [0.717, 1.165) is 31.1 Å². The Morgan fingerprint density at radius 1 is 1.36 bits per heavy atom. The summed E-state index contributed by atoms with van der Waals surface area (Å²) in [6.45, 7) is 4.74. The molecule has 84 valence electrons. The van der Waals surface area contributed by atoms with Crippen LogP contribution in [0.5, 0.6) is 0 Å². The normalized spacial score (nSPS) is 27.9. The van der Waals surface area contributed by atoms with E-state index in [-0.39, 0.29) is 0 Å². The number of ether oxygens (including phenoxy) is 1. The van der Waals surface area contributed by atoms with Gasteiger partial charge in [-0.25, -0.2) is 0 Å². The quantitative estimate of drug-likeness (QED) is 0.690. The summed E-state index contributed by atoms with van der Waals surface area (Å²) < 4.78 is 5.32. The van der Waals surface area contributed by atoms with Crippen LogP contribution >= 0.6 is 11.8 Å². The second-order valence-corrected chi connectivity index (χ2v) is 4.89. The van der Waals surface area contributed by atoms with E-state index in [9.17, 15) is 0 Å². The monoisotopic (exact) mass is 217 g/mol. The van der Waals surface area contributed by atoms with Gasteiger partial charge in [0.05, 0.1) is 6.61 Å². The molecule has 3 heteroatoms. The molecule has 2 atom stereocenters. The van der Waals surface area contributed by atoms with Gasteiger partial charge in [-0.2, -0.15) is 11.8 Å². The van der Waals surface area contributed by atoms with Crippen LogP contribution in [0.3, 0.4) is 0 Å². The molecule has 0 radical (unpaired) electrons. The molecule has 1 N–H and O–H groups in total. The molecule has 1 saturated carbocycles. The lowest BCUT2D eigenvalue weighted by Crippen LogP contribution is -2.41. The zero-order valence-corrected chi connectivity index (χ0v) is 10.2. The first-order valence-corrected chi connectivity index (χ1v) is 7.01. The summed E-state index contributed by atoms with van der Waals surface area (Å²) in [5, 5.41) is 4.44. The summed E-state index contributed by atoms with van der Waals surface area (Å²) in [7, 11) is 0. The van der Waals surface area contributed by atoms with Gasteiger partial charge in [0.2, 0.25) is 0 Å². The Balaban J connectivity index is 2.13. The fourth-order valence-corrected chi connectivity index (χ4v) is 3.04. The lowest BCUT2D eigenvalue weighted by molar-refractivity contribution is 0.145. The van der Waals surface area contributed by atoms with Crippen molar-refractivity contribution >= 4 is 11.8 Å². The van der Waals surface area contributed by atoms with Gasteiger partial charge < -0.3 is 10.1 Å². The Bertz CT molecular complexity index is 143. The molecule has 0 amide bonds. The molecule has 1 fully saturated rings. The maximum absolute atomic E-state index is 5.32. The Morgan fingerprint density at radius 3 is 2.86 bits per heavy atom. The van der Waals surface area contributed by atoms with Gasteiger partial charge in [-0.05, 0) is 26.0 Å². The number of rotatable bonds is 6. The molecule has 2 unspecified atom stereocenters. The predicted molar refractivity (Wildman–Crippen MR) is 64.1 cm³/mol. The zero-order chi connectivity index (χ0) is 10.2. The van der Waals surface area contributed by atoms with Gasteiger partial charge in [-0.3, -0.25) is 0 Å². The van der Waals surface area contributed by atoms with Gasteiger partial charge in [-0.15, -0.1) is 0 Å². The van der Waals surface area contributed by atoms with Crippen molar-refractivity contribution in [1.29, 1.82) is 0 Å². The topological polar surface area (TPSA) is 21.3 Å². The first kappa shape index (κ1) is 12.3. The summed E-state index contributed by atoms with van der Waals surface area (Å²) in [4.78, 5) is 0. The summed E-state index contributed by atoms with van der Waals surface area (Å²) in [5.41, 5.74) is 0. The number of hydrogen-bond donors (Lipinski definition) is 1. The van der Waals surface area contributed by atoms with Crippen molar-refractivity contribution in [3.63, 3.8) is 0 Å². The standard InChI is InChI=1S/C11H23NOS/c1-3-13-9-8-12-10-6-4-5-7-11(10)14-2/h10-12H,3-9H2,1-2H3. The van der Waals surface area contributed by atoms with Crippen molar-refractivity contribution in [1.82, 2.24) is 5.32 Å². The Labute approximate surface area is 92.2 Å². The van der Waals surface area contributed by atoms with Crippen LogP contribution in [0, 0.1) is 0 Å². The molecule has 0 saturated heterocycles. The number of hydrogen-bond acceptors (Lipinski definition) is 3. The van der Waals surface area contributed by atoms with Gasteiger partial charge in [0.25, 0.3) is 0 Å². The van der Waals surface area contributed by atoms with Crippen LogP contribution in [0.4, 0.5) is 0 Å². The molecule has 1 aliphatic carbocycles. The van der Waals surface area contributed by atoms with Crippen molar-refractivity contribution < 1.29 is 4.74 Å². The van der Waals surface area contributed by atoms with E-state index in [4.69, 9.17) is 4.74 Å². The smallest absolute Gasteiger partial charge is 0.0590 e. The number of thioether (sulfide) groups is 1. The highest BCUT2D eigenvalue weighted by molar-refractivity contribution is 7.99. The Hall–Kier alpha value is 0.270. The lowest BCUT2D eigenvalue weighted by atomic mass is 9.95. The van der Waals surface area contributed by atoms with Crippen LogP contribution in [0.1, 0.15) is 32.6 Å². The van der Waals surface area contributed by atoms with E-state index in [1.165, 1.54) is 25.7 Å². The highest BCUT2D eigenvalue weighted by Crippen LogP contribution is 2.26. The highest BCUT2D eigenvalue weighted by atomic mass is 32.2. The fourth-order valence-electron chi connectivity index (χ4n) is 2.07. The van der Waals surface area contributed by atoms with Crippen LogP contribution in [-0.2, 0) is 4.74 Å². The van der Waals surface area contributed by atoms with Crippen molar-refractivity contribution in [3.8, 4) is 0 Å². The molecule has 14 heavy (non-hydrogen) atoms. The van der Waals surface area contributed by atoms with Gasteiger partial charge in [-0.1, -0.05) is 12.8 Å². The molecular weight excluding hydrogens is 194 g/mol. The number of nitrogens with one attached hydrogen (secondary N) is 1. The van der Waals surface area contributed by atoms with E-state index >= 15 is 0 Å². The first-order valence-electron chi connectivity index (χ1n) is 5.72. The first-order chi connectivity index (χ1) is 6.88. The average Bonchev–Trinajstić information content (AvgIpc) is 2.25. The Kier molecular flexibility index (Phi) is 6.65. The SMILES string of the molecule is CCOCCNC1CCCCC1SC. The largest absolute Gasteiger partial charge is 0.380 e. The Morgan fingerprint density at radius 2 is 2.14 bits per heavy atom. The summed E-state index contributed by atoms with van der Waals surface area (Å²) in [6.07, 6.45) is 7.76. The third-order valence-electron chi connectivity index (χ3n) is 2.86. The van der Waals surface area contributed by atoms with Crippen LogP contribution < -0.4 is 5.32 Å². The van der Waals surface area contributed by atoms with E-state index in [0.29, 0.717) is 0 Å². The van der Waals surface area contributed by atoms with E-state index in [1.54, 1.807) is 0 Å². The molecule has 0 aromatic heterocycles. The van der Waals surface area contributed by atoms with Gasteiger partial charge in [0.15, 0.2) is 0 Å². The second kappa shape index (κ2) is 7.55. The van der Waals surface area contributed by atoms with Crippen LogP contribution in [0.15, 0.2) is 0 Å². The molecule has 0 heterocycles. The maximum Gasteiger partial charge on any atom is 0.0590 e. The molecule has 1 aliphatic rings. The van der Waals surface area contributed by atoms with E-state index in [2.05, 4.69) is 11.6 Å². The van der Waals surface area contributed by atoms with Crippen LogP contribution in [-0.4, -0.2) is 37.3 Å². The van der Waals surface area contributed by atoms with Crippen LogP contribution in [0.25, 0.3) is 0 Å². The summed E-state index contributed by atoms with van der Waals surface area (Å²) in [5.74, 6) is 0. The minimum absolute atomic E-state index is 0.721. The molecule has 0 bridgehead atoms. The molecule has 2 nitrogen and oxygen atoms in total. The van der Waals surface area contributed by atoms with Gasteiger partial charge in [0, 0.05) is 24.4 Å². The molecule has 0 aromatic carbocycles. The predicted octanol–water partition coefficient (Wildman–Crippen LogP) is 2.29. The fraction of sp³-hybridized carbons (Fsp3) is 1.00. The highest BCUT2D eigenvalue weighted by Gasteiger charge is 2.23. The molecule has 1 rings (SSSR count). The second-order valence-electron chi connectivity index (χ2n) is 3.82. The molecule has 0 aliphatic heterocycles. The summed E-state index contributed by atoms with van der Waals surface area (Å²) >= 11 is 2.01. The third kappa shape index (κ3) is 4.20. The van der Waals surface area contributed by atoms with Gasteiger partial charge in [0.1, 0.15) is 0 Å². The van der Waals surface area contributed by atoms with E-state index < -0.39 is 0 Å². The zero-order valence-electron chi connectivity index (χ0n) is 9.42. The molecular formula is C11H23NOS. The van der Waals surface area contributed by atoms with Crippen molar-refractivity contribution in [2.24, 2.45) is 0 Å². The molecule has 0 aromatic rings. The van der Waals surface area contributed by atoms with Crippen molar-refractivity contribution in [2.75, 3.05) is 26.0 Å². The lowest BCUT2D eigenvalue weighted by Gasteiger charge is -2.31. The molecule has 0 spiro atoms. The van der Waals surface area contributed by atoms with Crippen molar-refractivity contribution in [3.05, 3.63) is 0 Å². The minimum atomic E-state index is 0.721. The average molecular weight is 217 g/mol. The third-order valence-corrected chi connectivity index (χ3v) is 4.03. The van der Waals surface area contributed by atoms with Gasteiger partial charge >= 0.3 is 0 Å². The van der Waals surface area contributed by atoms with E-state index in [1.807, 2.05) is 18.7 Å². The van der Waals surface area contributed by atoms with Crippen LogP contribution in [0.2, 0.25) is 0 Å². The maximum atomic E-state index is 5.32. The summed E-state index contributed by atoms with van der Waals surface area (Å²) in [6, 6.07) is 0.721. The minimum Gasteiger partial charge on any atom is -0.380 e.